The predicted octanol–water partition coefficient (Wildman–Crippen LogP) is 1.98. The number of likely N-dealkylation sites (N-methyl/N-ethyl adjacent to an activating group) is 1. The minimum absolute atomic E-state index is 0.0883. The van der Waals surface area contributed by atoms with Crippen LogP contribution in [0.15, 0.2) is 54.6 Å². The molecule has 0 aromatic heterocycles. The number of amides is 1. The van der Waals surface area contributed by atoms with Crippen molar-refractivity contribution in [3.05, 3.63) is 65.7 Å². The minimum Gasteiger partial charge on any atom is -0.484 e. The van der Waals surface area contributed by atoms with Crippen LogP contribution >= 0.6 is 0 Å². The molecular weight excluding hydrogens is 288 g/mol. The first-order chi connectivity index (χ1) is 11.1. The van der Waals surface area contributed by atoms with Crippen LogP contribution in [0.2, 0.25) is 0 Å². The molecule has 4 heteroatoms. The van der Waals surface area contributed by atoms with E-state index in [0.29, 0.717) is 5.75 Å². The summed E-state index contributed by atoms with van der Waals surface area (Å²) in [7, 11) is 2.14. The molecule has 1 aliphatic heterocycles. The van der Waals surface area contributed by atoms with Crippen molar-refractivity contribution in [2.75, 3.05) is 26.7 Å². The van der Waals surface area contributed by atoms with Gasteiger partial charge in [-0.15, -0.1) is 0 Å². The quantitative estimate of drug-likeness (QED) is 0.887. The average Bonchev–Trinajstić information content (AvgIpc) is 2.52. The van der Waals surface area contributed by atoms with Crippen LogP contribution in [-0.2, 0) is 16.6 Å². The number of ether oxygens (including phenoxy) is 1. The molecule has 0 bridgehead atoms. The highest BCUT2D eigenvalue weighted by molar-refractivity contribution is 5.75. The van der Waals surface area contributed by atoms with Crippen LogP contribution in [0.1, 0.15) is 11.1 Å². The maximum Gasteiger partial charge on any atom is 0.255 e. The van der Waals surface area contributed by atoms with Crippen LogP contribution in [0, 0.1) is 0 Å². The molecule has 23 heavy (non-hydrogen) atoms. The van der Waals surface area contributed by atoms with Crippen LogP contribution in [0.5, 0.6) is 5.75 Å². The largest absolute Gasteiger partial charge is 0.484 e. The maximum absolute atomic E-state index is 10.9. The fraction of sp³-hybridized carbons (Fsp3) is 0.316. The van der Waals surface area contributed by atoms with Gasteiger partial charge in [-0.05, 0) is 36.7 Å². The number of carbonyl (C=O) groups excluding carboxylic acids is 1. The Morgan fingerprint density at radius 3 is 2.57 bits per heavy atom. The zero-order chi connectivity index (χ0) is 16.3. The molecule has 0 spiro atoms. The first kappa shape index (κ1) is 15.6. The lowest BCUT2D eigenvalue weighted by atomic mass is 9.70. The number of likely N-dealkylation sites (tertiary alicyclic amines) is 1. The van der Waals surface area contributed by atoms with Crippen molar-refractivity contribution in [2.45, 2.75) is 11.8 Å². The van der Waals surface area contributed by atoms with Gasteiger partial charge in [-0.2, -0.15) is 0 Å². The summed E-state index contributed by atoms with van der Waals surface area (Å²) in [5.41, 5.74) is 7.84. The van der Waals surface area contributed by atoms with Gasteiger partial charge >= 0.3 is 0 Å². The van der Waals surface area contributed by atoms with E-state index < -0.39 is 5.91 Å². The lowest BCUT2D eigenvalue weighted by Crippen LogP contribution is -2.58. The number of benzene rings is 2. The Morgan fingerprint density at radius 2 is 1.91 bits per heavy atom. The number of rotatable bonds is 6. The van der Waals surface area contributed by atoms with Crippen molar-refractivity contribution >= 4 is 5.91 Å². The molecule has 0 saturated carbocycles. The molecule has 120 valence electrons. The minimum atomic E-state index is -0.460. The topological polar surface area (TPSA) is 55.6 Å². The van der Waals surface area contributed by atoms with Gasteiger partial charge in [-0.25, -0.2) is 0 Å². The number of hydrogen-bond acceptors (Lipinski definition) is 3. The molecule has 3 rings (SSSR count). The Kier molecular flexibility index (Phi) is 4.35. The van der Waals surface area contributed by atoms with Gasteiger partial charge in [0.15, 0.2) is 6.61 Å². The number of nitrogens with zero attached hydrogens (tertiary/aromatic N) is 1. The van der Waals surface area contributed by atoms with Crippen molar-refractivity contribution in [1.29, 1.82) is 0 Å². The summed E-state index contributed by atoms with van der Waals surface area (Å²) in [5.74, 6) is 0.237. The van der Waals surface area contributed by atoms with Crippen molar-refractivity contribution in [2.24, 2.45) is 5.73 Å². The number of hydrogen-bond donors (Lipinski definition) is 1. The van der Waals surface area contributed by atoms with E-state index >= 15 is 0 Å². The summed E-state index contributed by atoms with van der Waals surface area (Å²) in [6.07, 6.45) is 0.997. The lowest BCUT2D eigenvalue weighted by molar-refractivity contribution is -0.119. The molecule has 0 atom stereocenters. The van der Waals surface area contributed by atoms with Gasteiger partial charge < -0.3 is 15.4 Å². The first-order valence-corrected chi connectivity index (χ1v) is 7.82. The Morgan fingerprint density at radius 1 is 1.17 bits per heavy atom. The van der Waals surface area contributed by atoms with E-state index in [4.69, 9.17) is 10.5 Å². The summed E-state index contributed by atoms with van der Waals surface area (Å²) in [4.78, 5) is 13.2. The Labute approximate surface area is 136 Å². The molecule has 0 radical (unpaired) electrons. The van der Waals surface area contributed by atoms with Crippen LogP contribution < -0.4 is 10.5 Å². The SMILES string of the molecule is CN1CC(Cc2ccccc2)(c2cccc(OCC(N)=O)c2)C1. The smallest absolute Gasteiger partial charge is 0.255 e. The standard InChI is InChI=1S/C19H22N2O2/c1-21-13-19(14-21,11-15-6-3-2-4-7-15)16-8-5-9-17(10-16)23-12-18(20)22/h2-10H,11-14H2,1H3,(H2,20,22). The van der Waals surface area contributed by atoms with Gasteiger partial charge in [0.1, 0.15) is 5.75 Å². The van der Waals surface area contributed by atoms with E-state index in [1.54, 1.807) is 0 Å². The van der Waals surface area contributed by atoms with Gasteiger partial charge in [-0.3, -0.25) is 4.79 Å². The van der Waals surface area contributed by atoms with Gasteiger partial charge in [0.05, 0.1) is 0 Å². The number of carbonyl (C=O) groups is 1. The molecule has 1 aliphatic rings. The summed E-state index contributed by atoms with van der Waals surface area (Å²) in [6.45, 7) is 1.94. The monoisotopic (exact) mass is 310 g/mol. The third-order valence-corrected chi connectivity index (χ3v) is 4.36. The second-order valence-corrected chi connectivity index (χ2v) is 6.40. The normalized spacial score (nSPS) is 16.6. The zero-order valence-electron chi connectivity index (χ0n) is 13.4. The average molecular weight is 310 g/mol. The predicted molar refractivity (Wildman–Crippen MR) is 90.5 cm³/mol. The first-order valence-electron chi connectivity index (χ1n) is 7.82. The highest BCUT2D eigenvalue weighted by Gasteiger charge is 2.42. The number of nitrogens with two attached hydrogens (primary N) is 1. The summed E-state index contributed by atoms with van der Waals surface area (Å²) < 4.78 is 5.46. The molecule has 1 fully saturated rings. The van der Waals surface area contributed by atoms with Crippen LogP contribution in [0.3, 0.4) is 0 Å². The molecule has 4 nitrogen and oxygen atoms in total. The second kappa shape index (κ2) is 6.42. The Bertz CT molecular complexity index is 679. The summed E-state index contributed by atoms with van der Waals surface area (Å²) in [6, 6.07) is 18.6. The number of primary amides is 1. The highest BCUT2D eigenvalue weighted by atomic mass is 16.5. The molecular formula is C19H22N2O2. The third kappa shape index (κ3) is 3.54. The van der Waals surface area contributed by atoms with Crippen molar-refractivity contribution in [3.63, 3.8) is 0 Å². The van der Waals surface area contributed by atoms with Gasteiger partial charge in [0, 0.05) is 18.5 Å². The molecule has 0 aliphatic carbocycles. The third-order valence-electron chi connectivity index (χ3n) is 4.36. The second-order valence-electron chi connectivity index (χ2n) is 6.40. The molecule has 2 aromatic carbocycles. The molecule has 1 amide bonds. The van der Waals surface area contributed by atoms with E-state index in [9.17, 15) is 4.79 Å². The van der Waals surface area contributed by atoms with Gasteiger partial charge in [-0.1, -0.05) is 42.5 Å². The van der Waals surface area contributed by atoms with E-state index in [2.05, 4.69) is 42.3 Å². The fourth-order valence-electron chi connectivity index (χ4n) is 3.44. The van der Waals surface area contributed by atoms with Crippen molar-refractivity contribution < 1.29 is 9.53 Å². The molecule has 1 heterocycles. The van der Waals surface area contributed by atoms with E-state index in [1.165, 1.54) is 11.1 Å². The van der Waals surface area contributed by atoms with Crippen LogP contribution in [0.4, 0.5) is 0 Å². The van der Waals surface area contributed by atoms with Crippen molar-refractivity contribution in [3.8, 4) is 5.75 Å². The molecule has 2 N–H and O–H groups in total. The molecule has 2 aromatic rings. The molecule has 1 saturated heterocycles. The zero-order valence-corrected chi connectivity index (χ0v) is 13.4. The van der Waals surface area contributed by atoms with Crippen LogP contribution in [0.25, 0.3) is 0 Å². The van der Waals surface area contributed by atoms with E-state index in [0.717, 1.165) is 19.5 Å². The molecule has 0 unspecified atom stereocenters. The Hall–Kier alpha value is -2.33. The summed E-state index contributed by atoms with van der Waals surface area (Å²) in [5, 5.41) is 0. The van der Waals surface area contributed by atoms with Gasteiger partial charge in [0.25, 0.3) is 5.91 Å². The van der Waals surface area contributed by atoms with Crippen molar-refractivity contribution in [1.82, 2.24) is 4.90 Å². The summed E-state index contributed by atoms with van der Waals surface area (Å²) >= 11 is 0. The van der Waals surface area contributed by atoms with E-state index in [-0.39, 0.29) is 12.0 Å². The van der Waals surface area contributed by atoms with Crippen LogP contribution in [-0.4, -0.2) is 37.6 Å². The van der Waals surface area contributed by atoms with E-state index in [1.807, 2.05) is 24.3 Å². The highest BCUT2D eigenvalue weighted by Crippen LogP contribution is 2.38. The maximum atomic E-state index is 10.9. The lowest BCUT2D eigenvalue weighted by Gasteiger charge is -2.49. The Balaban J connectivity index is 1.83. The fourth-order valence-corrected chi connectivity index (χ4v) is 3.44. The van der Waals surface area contributed by atoms with Gasteiger partial charge in [0.2, 0.25) is 0 Å².